The van der Waals surface area contributed by atoms with Crippen LogP contribution < -0.4 is 5.73 Å². The van der Waals surface area contributed by atoms with Gasteiger partial charge in [-0.3, -0.25) is 4.99 Å². The Kier molecular flexibility index (Phi) is 9.53. The van der Waals surface area contributed by atoms with Gasteiger partial charge in [-0.15, -0.1) is 0 Å². The number of nitrogens with two attached hydrogens (primary N) is 1. The predicted octanol–water partition coefficient (Wildman–Crippen LogP) is 2.51. The van der Waals surface area contributed by atoms with Crippen molar-refractivity contribution in [3.05, 3.63) is 12.3 Å². The Morgan fingerprint density at radius 2 is 2.00 bits per heavy atom. The lowest BCUT2D eigenvalue weighted by Crippen LogP contribution is -2.18. The summed E-state index contributed by atoms with van der Waals surface area (Å²) in [5.74, 6) is 0.752. The van der Waals surface area contributed by atoms with Crippen LogP contribution in [0.25, 0.3) is 0 Å². The summed E-state index contributed by atoms with van der Waals surface area (Å²) in [5, 5.41) is 9.94. The molecule has 0 saturated heterocycles. The van der Waals surface area contributed by atoms with Gasteiger partial charge in [0.2, 0.25) is 0 Å². The minimum atomic E-state index is -0.612. The van der Waals surface area contributed by atoms with E-state index in [0.717, 1.165) is 12.8 Å². The van der Waals surface area contributed by atoms with Gasteiger partial charge in [0, 0.05) is 18.2 Å². The van der Waals surface area contributed by atoms with E-state index in [0.29, 0.717) is 24.6 Å². The van der Waals surface area contributed by atoms with Gasteiger partial charge < -0.3 is 15.6 Å². The lowest BCUT2D eigenvalue weighted by molar-refractivity contribution is 0.0653. The van der Waals surface area contributed by atoms with Crippen LogP contribution in [0.4, 0.5) is 0 Å². The van der Waals surface area contributed by atoms with Gasteiger partial charge in [0.1, 0.15) is 11.9 Å². The Labute approximate surface area is 117 Å². The van der Waals surface area contributed by atoms with E-state index < -0.39 is 6.10 Å². The second-order valence-corrected chi connectivity index (χ2v) is 5.30. The first-order chi connectivity index (χ1) is 8.90. The molecule has 0 bridgehead atoms. The normalized spacial score (nSPS) is 16.6. The number of aliphatic hydroxyl groups is 1. The highest BCUT2D eigenvalue weighted by Crippen LogP contribution is 2.15. The topological polar surface area (TPSA) is 67.8 Å². The van der Waals surface area contributed by atoms with Crippen molar-refractivity contribution >= 4 is 6.21 Å². The van der Waals surface area contributed by atoms with Gasteiger partial charge in [-0.1, -0.05) is 20.4 Å². The van der Waals surface area contributed by atoms with Crippen LogP contribution in [-0.2, 0) is 4.74 Å². The fourth-order valence-electron chi connectivity index (χ4n) is 1.61. The van der Waals surface area contributed by atoms with Crippen LogP contribution in [0.15, 0.2) is 17.3 Å². The number of nitrogens with zero attached hydrogens (tertiary/aromatic N) is 1. The van der Waals surface area contributed by atoms with Gasteiger partial charge in [-0.25, -0.2) is 0 Å². The molecule has 0 aliphatic rings. The van der Waals surface area contributed by atoms with Gasteiger partial charge in [0.15, 0.2) is 0 Å². The van der Waals surface area contributed by atoms with Crippen LogP contribution in [-0.4, -0.2) is 36.1 Å². The van der Waals surface area contributed by atoms with Gasteiger partial charge >= 0.3 is 0 Å². The molecule has 3 N–H and O–H groups in total. The summed E-state index contributed by atoms with van der Waals surface area (Å²) in [6.07, 6.45) is 3.76. The molecule has 0 saturated carbocycles. The maximum atomic E-state index is 9.94. The molecule has 0 amide bonds. The van der Waals surface area contributed by atoms with Crippen molar-refractivity contribution in [1.82, 2.24) is 0 Å². The summed E-state index contributed by atoms with van der Waals surface area (Å²) in [7, 11) is 0. The SMILES string of the molecule is C=C(OC(C)C)C(O)CCC(CC)/N=C\C(C)CN. The molecule has 0 aromatic heterocycles. The number of hydrogen-bond donors (Lipinski definition) is 2. The van der Waals surface area contributed by atoms with E-state index in [9.17, 15) is 5.11 Å². The molecule has 19 heavy (non-hydrogen) atoms. The Hall–Kier alpha value is -0.870. The molecule has 3 atom stereocenters. The minimum absolute atomic E-state index is 0.0487. The summed E-state index contributed by atoms with van der Waals surface area (Å²) >= 11 is 0. The Balaban J connectivity index is 4.13. The van der Waals surface area contributed by atoms with Crippen LogP contribution >= 0.6 is 0 Å². The minimum Gasteiger partial charge on any atom is -0.493 e. The summed E-state index contributed by atoms with van der Waals surface area (Å²) in [4.78, 5) is 4.52. The maximum absolute atomic E-state index is 9.94. The molecule has 0 aliphatic heterocycles. The lowest BCUT2D eigenvalue weighted by atomic mass is 10.1. The molecule has 3 unspecified atom stereocenters. The van der Waals surface area contributed by atoms with E-state index in [1.807, 2.05) is 27.0 Å². The Bertz CT molecular complexity index is 277. The zero-order valence-electron chi connectivity index (χ0n) is 12.8. The molecule has 112 valence electrons. The average Bonchev–Trinajstić information content (AvgIpc) is 2.37. The maximum Gasteiger partial charge on any atom is 0.118 e. The van der Waals surface area contributed by atoms with E-state index >= 15 is 0 Å². The van der Waals surface area contributed by atoms with E-state index in [4.69, 9.17) is 10.5 Å². The first-order valence-corrected chi connectivity index (χ1v) is 7.17. The third-order valence-corrected chi connectivity index (χ3v) is 2.93. The number of aliphatic imine (C=N–C) groups is 1. The molecule has 0 heterocycles. The summed E-state index contributed by atoms with van der Waals surface area (Å²) < 4.78 is 5.39. The fourth-order valence-corrected chi connectivity index (χ4v) is 1.61. The molecule has 0 radical (unpaired) electrons. The van der Waals surface area contributed by atoms with E-state index in [2.05, 4.69) is 18.5 Å². The summed E-state index contributed by atoms with van der Waals surface area (Å²) in [5.41, 5.74) is 5.55. The van der Waals surface area contributed by atoms with Crippen LogP contribution in [0.2, 0.25) is 0 Å². The molecular formula is C15H30N2O2. The molecular weight excluding hydrogens is 240 g/mol. The quantitative estimate of drug-likeness (QED) is 0.473. The van der Waals surface area contributed by atoms with Gasteiger partial charge in [0.25, 0.3) is 0 Å². The van der Waals surface area contributed by atoms with E-state index in [1.165, 1.54) is 0 Å². The Morgan fingerprint density at radius 3 is 2.47 bits per heavy atom. The largest absolute Gasteiger partial charge is 0.493 e. The molecule has 0 fully saturated rings. The zero-order valence-corrected chi connectivity index (χ0v) is 12.8. The average molecular weight is 270 g/mol. The summed E-state index contributed by atoms with van der Waals surface area (Å²) in [6.45, 7) is 12.4. The van der Waals surface area contributed by atoms with Crippen LogP contribution in [0.5, 0.6) is 0 Å². The highest BCUT2D eigenvalue weighted by atomic mass is 16.5. The second-order valence-electron chi connectivity index (χ2n) is 5.30. The Morgan fingerprint density at radius 1 is 1.37 bits per heavy atom. The van der Waals surface area contributed by atoms with Crippen molar-refractivity contribution in [2.45, 2.75) is 65.2 Å². The molecule has 4 heteroatoms. The van der Waals surface area contributed by atoms with E-state index in [1.54, 1.807) is 0 Å². The smallest absolute Gasteiger partial charge is 0.118 e. The van der Waals surface area contributed by atoms with Crippen molar-refractivity contribution in [3.8, 4) is 0 Å². The number of ether oxygens (including phenoxy) is 1. The van der Waals surface area contributed by atoms with Gasteiger partial charge in [-0.2, -0.15) is 0 Å². The second kappa shape index (κ2) is 9.98. The molecule has 0 aromatic carbocycles. The molecule has 0 spiro atoms. The molecule has 0 aliphatic carbocycles. The van der Waals surface area contributed by atoms with Crippen molar-refractivity contribution < 1.29 is 9.84 Å². The first-order valence-electron chi connectivity index (χ1n) is 7.17. The van der Waals surface area contributed by atoms with Crippen LogP contribution in [0.3, 0.4) is 0 Å². The molecule has 4 nitrogen and oxygen atoms in total. The van der Waals surface area contributed by atoms with Crippen molar-refractivity contribution in [2.24, 2.45) is 16.6 Å². The number of rotatable bonds is 10. The summed E-state index contributed by atoms with van der Waals surface area (Å²) in [6, 6.07) is 0.232. The molecule has 0 aromatic rings. The van der Waals surface area contributed by atoms with Crippen molar-refractivity contribution in [3.63, 3.8) is 0 Å². The van der Waals surface area contributed by atoms with Crippen LogP contribution in [0, 0.1) is 5.92 Å². The van der Waals surface area contributed by atoms with Crippen molar-refractivity contribution in [1.29, 1.82) is 0 Å². The van der Waals surface area contributed by atoms with Crippen molar-refractivity contribution in [2.75, 3.05) is 6.54 Å². The predicted molar refractivity (Wildman–Crippen MR) is 81.4 cm³/mol. The number of aliphatic hydroxyl groups excluding tert-OH is 1. The van der Waals surface area contributed by atoms with Gasteiger partial charge in [0.05, 0.1) is 6.10 Å². The van der Waals surface area contributed by atoms with Gasteiger partial charge in [-0.05, 0) is 39.7 Å². The zero-order chi connectivity index (χ0) is 14.8. The monoisotopic (exact) mass is 270 g/mol. The first kappa shape index (κ1) is 18.1. The molecule has 0 rings (SSSR count). The third-order valence-electron chi connectivity index (χ3n) is 2.93. The van der Waals surface area contributed by atoms with E-state index in [-0.39, 0.29) is 12.1 Å². The fraction of sp³-hybridized carbons (Fsp3) is 0.800. The standard InChI is InChI=1S/C15H30N2O2/c1-6-14(17-10-12(4)9-16)7-8-15(18)13(5)19-11(2)3/h10-12,14-15,18H,5-9,16H2,1-4H3/b17-10-. The lowest BCUT2D eigenvalue weighted by Gasteiger charge is -2.19. The third kappa shape index (κ3) is 8.78. The highest BCUT2D eigenvalue weighted by Gasteiger charge is 2.14. The van der Waals surface area contributed by atoms with Crippen LogP contribution in [0.1, 0.15) is 47.0 Å². The number of hydrogen-bond acceptors (Lipinski definition) is 4. The highest BCUT2D eigenvalue weighted by molar-refractivity contribution is 5.60.